The Kier molecular flexibility index (Phi) is 5.01. The van der Waals surface area contributed by atoms with Crippen molar-refractivity contribution in [1.29, 1.82) is 0 Å². The van der Waals surface area contributed by atoms with E-state index in [0.29, 0.717) is 10.7 Å². The van der Waals surface area contributed by atoms with Crippen LogP contribution in [0.4, 0.5) is 5.69 Å². The van der Waals surface area contributed by atoms with E-state index in [1.807, 2.05) is 25.1 Å². The van der Waals surface area contributed by atoms with Gasteiger partial charge in [-0.15, -0.1) is 0 Å². The molecule has 2 rings (SSSR count). The van der Waals surface area contributed by atoms with Crippen LogP contribution in [0, 0.1) is 6.92 Å². The fourth-order valence-electron chi connectivity index (χ4n) is 1.86. The molecule has 0 aliphatic heterocycles. The van der Waals surface area contributed by atoms with Crippen LogP contribution in [-0.4, -0.2) is 18.4 Å². The molecule has 0 aliphatic rings. The Balaban J connectivity index is 2.03. The molecule has 22 heavy (non-hydrogen) atoms. The summed E-state index contributed by atoms with van der Waals surface area (Å²) in [4.78, 5) is 23.2. The molecule has 0 saturated heterocycles. The number of carbonyl (C=O) groups excluding carboxylic acids is 2. The van der Waals surface area contributed by atoms with E-state index in [1.165, 1.54) is 12.1 Å². The number of benzene rings is 2. The average Bonchev–Trinajstić information content (AvgIpc) is 2.48. The fraction of sp³-hybridized carbons (Fsp3) is 0.125. The zero-order valence-electron chi connectivity index (χ0n) is 11.9. The molecule has 2 aromatic carbocycles. The van der Waals surface area contributed by atoms with Gasteiger partial charge in [-0.1, -0.05) is 29.8 Å². The summed E-state index contributed by atoms with van der Waals surface area (Å²) < 4.78 is 5.36. The van der Waals surface area contributed by atoms with Crippen LogP contribution in [0.5, 0.6) is 5.75 Å². The van der Waals surface area contributed by atoms with Crippen molar-refractivity contribution in [2.24, 2.45) is 5.73 Å². The van der Waals surface area contributed by atoms with Crippen molar-refractivity contribution in [2.75, 3.05) is 11.9 Å². The molecule has 0 radical (unpaired) electrons. The van der Waals surface area contributed by atoms with Crippen molar-refractivity contribution >= 4 is 29.1 Å². The molecule has 5 nitrogen and oxygen atoms in total. The third-order valence-electron chi connectivity index (χ3n) is 2.98. The van der Waals surface area contributed by atoms with Crippen LogP contribution in [0.2, 0.25) is 5.02 Å². The van der Waals surface area contributed by atoms with Gasteiger partial charge < -0.3 is 15.8 Å². The molecule has 2 aromatic rings. The third-order valence-corrected chi connectivity index (χ3v) is 3.22. The number of halogens is 1. The van der Waals surface area contributed by atoms with Crippen LogP contribution in [-0.2, 0) is 4.79 Å². The van der Waals surface area contributed by atoms with Crippen LogP contribution in [0.1, 0.15) is 15.9 Å². The molecule has 2 amide bonds. The number of hydrogen-bond donors (Lipinski definition) is 2. The number of para-hydroxylation sites is 1. The summed E-state index contributed by atoms with van der Waals surface area (Å²) in [6, 6.07) is 11.9. The predicted octanol–water partition coefficient (Wildman–Crippen LogP) is 2.76. The third kappa shape index (κ3) is 3.99. The van der Waals surface area contributed by atoms with Crippen molar-refractivity contribution < 1.29 is 14.3 Å². The van der Waals surface area contributed by atoms with E-state index < -0.39 is 5.91 Å². The quantitative estimate of drug-likeness (QED) is 0.889. The highest BCUT2D eigenvalue weighted by Gasteiger charge is 2.12. The summed E-state index contributed by atoms with van der Waals surface area (Å²) in [5.74, 6) is -0.784. The first kappa shape index (κ1) is 15.9. The van der Waals surface area contributed by atoms with Crippen LogP contribution < -0.4 is 15.8 Å². The standard InChI is InChI=1S/C16H15ClN2O3/c1-10-4-2-3-5-13(10)19-15(20)9-22-14-7-6-11(17)8-12(14)16(18)21/h2-8H,9H2,1H3,(H2,18,21)(H,19,20). The van der Waals surface area contributed by atoms with Gasteiger partial charge >= 0.3 is 0 Å². The highest BCUT2D eigenvalue weighted by atomic mass is 35.5. The minimum atomic E-state index is -0.670. The van der Waals surface area contributed by atoms with E-state index >= 15 is 0 Å². The van der Waals surface area contributed by atoms with Crippen molar-refractivity contribution in [1.82, 2.24) is 0 Å². The first-order chi connectivity index (χ1) is 10.5. The number of nitrogens with two attached hydrogens (primary N) is 1. The summed E-state index contributed by atoms with van der Waals surface area (Å²) in [6.07, 6.45) is 0. The van der Waals surface area contributed by atoms with Crippen molar-refractivity contribution in [2.45, 2.75) is 6.92 Å². The van der Waals surface area contributed by atoms with E-state index in [1.54, 1.807) is 12.1 Å². The first-order valence-electron chi connectivity index (χ1n) is 6.55. The summed E-state index contributed by atoms with van der Waals surface area (Å²) in [7, 11) is 0. The fourth-order valence-corrected chi connectivity index (χ4v) is 2.04. The second kappa shape index (κ2) is 6.95. The molecule has 0 heterocycles. The summed E-state index contributed by atoms with van der Waals surface area (Å²) >= 11 is 5.81. The SMILES string of the molecule is Cc1ccccc1NC(=O)COc1ccc(Cl)cc1C(N)=O. The lowest BCUT2D eigenvalue weighted by Gasteiger charge is -2.11. The van der Waals surface area contributed by atoms with Gasteiger partial charge in [0.2, 0.25) is 0 Å². The number of hydrogen-bond acceptors (Lipinski definition) is 3. The molecule has 0 saturated carbocycles. The van der Waals surface area contributed by atoms with E-state index in [2.05, 4.69) is 5.32 Å². The predicted molar refractivity (Wildman–Crippen MR) is 85.3 cm³/mol. The van der Waals surface area contributed by atoms with Crippen molar-refractivity contribution in [3.63, 3.8) is 0 Å². The van der Waals surface area contributed by atoms with Gasteiger partial charge in [-0.3, -0.25) is 9.59 Å². The van der Waals surface area contributed by atoms with Crippen LogP contribution >= 0.6 is 11.6 Å². The Bertz CT molecular complexity index is 716. The molecule has 6 heteroatoms. The Morgan fingerprint density at radius 2 is 1.95 bits per heavy atom. The van der Waals surface area contributed by atoms with Crippen LogP contribution in [0.25, 0.3) is 0 Å². The number of amides is 2. The summed E-state index contributed by atoms with van der Waals surface area (Å²) in [5, 5.41) is 3.10. The lowest BCUT2D eigenvalue weighted by atomic mass is 10.2. The molecule has 0 bridgehead atoms. The van der Waals surface area contributed by atoms with Gasteiger partial charge in [0.25, 0.3) is 11.8 Å². The van der Waals surface area contributed by atoms with Gasteiger partial charge in [0, 0.05) is 10.7 Å². The second-order valence-corrected chi connectivity index (χ2v) is 5.09. The number of rotatable bonds is 5. The number of carbonyl (C=O) groups is 2. The van der Waals surface area contributed by atoms with Gasteiger partial charge in [-0.05, 0) is 36.8 Å². The smallest absolute Gasteiger partial charge is 0.262 e. The molecule has 0 aliphatic carbocycles. The molecule has 114 valence electrons. The molecular weight excluding hydrogens is 304 g/mol. The molecule has 3 N–H and O–H groups in total. The molecule has 0 unspecified atom stereocenters. The number of nitrogens with one attached hydrogen (secondary N) is 1. The Morgan fingerprint density at radius 3 is 2.64 bits per heavy atom. The summed E-state index contributed by atoms with van der Waals surface area (Å²) in [5.41, 5.74) is 7.05. The monoisotopic (exact) mass is 318 g/mol. The van der Waals surface area contributed by atoms with Gasteiger partial charge in [0.1, 0.15) is 5.75 Å². The maximum Gasteiger partial charge on any atom is 0.262 e. The maximum absolute atomic E-state index is 11.9. The lowest BCUT2D eigenvalue weighted by molar-refractivity contribution is -0.118. The van der Waals surface area contributed by atoms with E-state index in [-0.39, 0.29) is 23.8 Å². The minimum absolute atomic E-state index is 0.135. The zero-order valence-corrected chi connectivity index (χ0v) is 12.7. The number of ether oxygens (including phenoxy) is 1. The largest absolute Gasteiger partial charge is 0.483 e. The normalized spacial score (nSPS) is 10.1. The minimum Gasteiger partial charge on any atom is -0.483 e. The Morgan fingerprint density at radius 1 is 1.23 bits per heavy atom. The second-order valence-electron chi connectivity index (χ2n) is 4.66. The first-order valence-corrected chi connectivity index (χ1v) is 6.93. The number of aryl methyl sites for hydroxylation is 1. The molecule has 0 fully saturated rings. The van der Waals surface area contributed by atoms with Gasteiger partial charge in [-0.2, -0.15) is 0 Å². The van der Waals surface area contributed by atoms with Crippen LogP contribution in [0.15, 0.2) is 42.5 Å². The number of anilines is 1. The van der Waals surface area contributed by atoms with Gasteiger partial charge in [0.15, 0.2) is 6.61 Å². The van der Waals surface area contributed by atoms with E-state index in [0.717, 1.165) is 5.56 Å². The molecule has 0 aromatic heterocycles. The van der Waals surface area contributed by atoms with E-state index in [9.17, 15) is 9.59 Å². The average molecular weight is 319 g/mol. The molecule has 0 atom stereocenters. The van der Waals surface area contributed by atoms with Crippen molar-refractivity contribution in [3.05, 3.63) is 58.6 Å². The Labute approximate surface area is 133 Å². The van der Waals surface area contributed by atoms with Gasteiger partial charge in [0.05, 0.1) is 5.56 Å². The highest BCUT2D eigenvalue weighted by molar-refractivity contribution is 6.31. The molecular formula is C16H15ClN2O3. The van der Waals surface area contributed by atoms with Gasteiger partial charge in [-0.25, -0.2) is 0 Å². The zero-order chi connectivity index (χ0) is 16.1. The van der Waals surface area contributed by atoms with E-state index in [4.69, 9.17) is 22.1 Å². The topological polar surface area (TPSA) is 81.4 Å². The maximum atomic E-state index is 11.9. The van der Waals surface area contributed by atoms with Crippen molar-refractivity contribution in [3.8, 4) is 5.75 Å². The lowest BCUT2D eigenvalue weighted by Crippen LogP contribution is -2.22. The summed E-state index contributed by atoms with van der Waals surface area (Å²) in [6.45, 7) is 1.65. The van der Waals surface area contributed by atoms with Crippen LogP contribution in [0.3, 0.4) is 0 Å². The highest BCUT2D eigenvalue weighted by Crippen LogP contribution is 2.22. The molecule has 0 spiro atoms. The number of primary amides is 1. The Hall–Kier alpha value is -2.53.